The van der Waals surface area contributed by atoms with E-state index in [0.29, 0.717) is 25.3 Å². The van der Waals surface area contributed by atoms with Gasteiger partial charge in [0.05, 0.1) is 18.6 Å². The van der Waals surface area contributed by atoms with E-state index >= 15 is 0 Å². The zero-order valence-corrected chi connectivity index (χ0v) is 22.5. The normalized spacial score (nSPS) is 17.4. The number of piperidine rings is 1. The predicted molar refractivity (Wildman–Crippen MR) is 136 cm³/mol. The molecule has 2 heterocycles. The lowest BCUT2D eigenvalue weighted by molar-refractivity contribution is -0.155. The maximum Gasteiger partial charge on any atom is 0.416 e. The number of alkyl halides is 3. The van der Waals surface area contributed by atoms with Gasteiger partial charge in [0.2, 0.25) is 0 Å². The number of esters is 1. The van der Waals surface area contributed by atoms with Crippen LogP contribution >= 0.6 is 23.2 Å². The highest BCUT2D eigenvalue weighted by Crippen LogP contribution is 2.47. The molecule has 1 fully saturated rings. The molecule has 4 rings (SSSR count). The first-order valence-electron chi connectivity index (χ1n) is 12.2. The van der Waals surface area contributed by atoms with Crippen molar-refractivity contribution >= 4 is 29.2 Å². The van der Waals surface area contributed by atoms with Crippen molar-refractivity contribution in [3.05, 3.63) is 57.1 Å². The number of benzene rings is 2. The topological polar surface area (TPSA) is 48.0 Å². The summed E-state index contributed by atoms with van der Waals surface area (Å²) in [6.45, 7) is 8.46. The molecule has 2 aromatic carbocycles. The number of rotatable bonds is 6. The Morgan fingerprint density at radius 2 is 1.73 bits per heavy atom. The number of carbonyl (C=O) groups is 1. The standard InChI is InChI=1S/C27H30Cl2F3NO4/c1-25(2,3)37-24(34)6-9-33-10-7-26(8-11-33)16-36-23-14-18(4-5-20(23)26)35-15-19-21(28)12-17(13-22(19)29)27(30,31)32/h4-5,12-14H,6-11,15-16H2,1-3H3. The average Bonchev–Trinajstić information content (AvgIpc) is 3.13. The fourth-order valence-corrected chi connectivity index (χ4v) is 5.36. The highest BCUT2D eigenvalue weighted by molar-refractivity contribution is 6.36. The molecule has 1 spiro atoms. The van der Waals surface area contributed by atoms with E-state index in [4.69, 9.17) is 37.4 Å². The Balaban J connectivity index is 1.35. The molecule has 0 aromatic heterocycles. The molecule has 37 heavy (non-hydrogen) atoms. The molecule has 0 atom stereocenters. The minimum atomic E-state index is -4.53. The van der Waals surface area contributed by atoms with Gasteiger partial charge in [0.25, 0.3) is 0 Å². The molecule has 2 aliphatic rings. The fourth-order valence-electron chi connectivity index (χ4n) is 4.76. The van der Waals surface area contributed by atoms with Crippen molar-refractivity contribution in [3.8, 4) is 11.5 Å². The Morgan fingerprint density at radius 1 is 1.08 bits per heavy atom. The number of hydrogen-bond acceptors (Lipinski definition) is 5. The van der Waals surface area contributed by atoms with Crippen molar-refractivity contribution in [3.63, 3.8) is 0 Å². The van der Waals surface area contributed by atoms with Crippen LogP contribution < -0.4 is 9.47 Å². The maximum atomic E-state index is 13.0. The van der Waals surface area contributed by atoms with Crippen LogP contribution in [0, 0.1) is 0 Å². The molecule has 0 bridgehead atoms. The molecule has 0 N–H and O–H groups in total. The summed E-state index contributed by atoms with van der Waals surface area (Å²) in [4.78, 5) is 14.3. The van der Waals surface area contributed by atoms with Crippen molar-refractivity contribution in [2.24, 2.45) is 0 Å². The number of likely N-dealkylation sites (tertiary alicyclic amines) is 1. The Bertz CT molecular complexity index is 1130. The summed E-state index contributed by atoms with van der Waals surface area (Å²) in [5.74, 6) is 1.07. The van der Waals surface area contributed by atoms with E-state index in [9.17, 15) is 18.0 Å². The zero-order chi connectivity index (χ0) is 27.0. The third-order valence-corrected chi connectivity index (χ3v) is 7.42. The summed E-state index contributed by atoms with van der Waals surface area (Å²) in [7, 11) is 0. The Hall–Kier alpha value is -2.16. The second kappa shape index (κ2) is 10.5. The van der Waals surface area contributed by atoms with Crippen LogP contribution in [0.3, 0.4) is 0 Å². The summed E-state index contributed by atoms with van der Waals surface area (Å²) in [5.41, 5.74) is -0.0631. The maximum absolute atomic E-state index is 13.0. The molecule has 2 aliphatic heterocycles. The summed E-state index contributed by atoms with van der Waals surface area (Å²) in [6.07, 6.45) is -2.35. The quantitative estimate of drug-likeness (QED) is 0.355. The second-order valence-corrected chi connectivity index (χ2v) is 11.4. The van der Waals surface area contributed by atoms with Crippen molar-refractivity contribution in [2.45, 2.75) is 63.8 Å². The largest absolute Gasteiger partial charge is 0.492 e. The number of halogens is 5. The first kappa shape index (κ1) is 27.9. The van der Waals surface area contributed by atoms with Gasteiger partial charge in [0.15, 0.2) is 0 Å². The van der Waals surface area contributed by atoms with E-state index in [1.807, 2.05) is 32.9 Å². The monoisotopic (exact) mass is 559 g/mol. The molecule has 0 saturated carbocycles. The lowest BCUT2D eigenvalue weighted by Crippen LogP contribution is -2.44. The van der Waals surface area contributed by atoms with Gasteiger partial charge in [-0.05, 0) is 64.9 Å². The van der Waals surface area contributed by atoms with Crippen LogP contribution in [0.25, 0.3) is 0 Å². The van der Waals surface area contributed by atoms with Gasteiger partial charge in [-0.15, -0.1) is 0 Å². The molecule has 202 valence electrons. The van der Waals surface area contributed by atoms with E-state index < -0.39 is 17.3 Å². The van der Waals surface area contributed by atoms with Crippen LogP contribution in [-0.2, 0) is 27.7 Å². The highest BCUT2D eigenvalue weighted by Gasteiger charge is 2.43. The predicted octanol–water partition coefficient (Wildman–Crippen LogP) is 7.05. The van der Waals surface area contributed by atoms with E-state index in [2.05, 4.69) is 4.90 Å². The van der Waals surface area contributed by atoms with Crippen LogP contribution in [0.4, 0.5) is 13.2 Å². The minimum Gasteiger partial charge on any atom is -0.492 e. The SMILES string of the molecule is CC(C)(C)OC(=O)CCN1CCC2(CC1)COc1cc(OCc3c(Cl)cc(C(F)(F)F)cc3Cl)ccc12. The smallest absolute Gasteiger partial charge is 0.416 e. The zero-order valence-electron chi connectivity index (χ0n) is 21.0. The molecule has 5 nitrogen and oxygen atoms in total. The van der Waals surface area contributed by atoms with Gasteiger partial charge in [-0.2, -0.15) is 13.2 Å². The summed E-state index contributed by atoms with van der Waals surface area (Å²) in [6, 6.07) is 7.31. The average molecular weight is 560 g/mol. The molecular formula is C27H30Cl2F3NO4. The van der Waals surface area contributed by atoms with Crippen molar-refractivity contribution < 1.29 is 32.2 Å². The molecule has 0 aliphatic carbocycles. The molecule has 0 unspecified atom stereocenters. The first-order valence-corrected chi connectivity index (χ1v) is 12.9. The van der Waals surface area contributed by atoms with Crippen LogP contribution in [-0.4, -0.2) is 42.7 Å². The van der Waals surface area contributed by atoms with Gasteiger partial charge in [-0.3, -0.25) is 4.79 Å². The van der Waals surface area contributed by atoms with E-state index in [0.717, 1.165) is 49.4 Å². The van der Waals surface area contributed by atoms with E-state index in [1.54, 1.807) is 6.07 Å². The van der Waals surface area contributed by atoms with Gasteiger partial charge >= 0.3 is 12.1 Å². The van der Waals surface area contributed by atoms with Gasteiger partial charge in [0, 0.05) is 39.2 Å². The van der Waals surface area contributed by atoms with E-state index in [-0.39, 0.29) is 33.6 Å². The van der Waals surface area contributed by atoms with Gasteiger partial charge in [0.1, 0.15) is 23.7 Å². The molecule has 10 heteroatoms. The lowest BCUT2D eigenvalue weighted by Gasteiger charge is -2.38. The third kappa shape index (κ3) is 6.65. The number of nitrogens with zero attached hydrogens (tertiary/aromatic N) is 1. The molecule has 0 amide bonds. The summed E-state index contributed by atoms with van der Waals surface area (Å²) in [5, 5.41) is -0.204. The Kier molecular flexibility index (Phi) is 7.94. The number of fused-ring (bicyclic) bond motifs is 2. The van der Waals surface area contributed by atoms with Crippen LogP contribution in [0.15, 0.2) is 30.3 Å². The molecule has 0 radical (unpaired) electrons. The highest BCUT2D eigenvalue weighted by atomic mass is 35.5. The van der Waals surface area contributed by atoms with Gasteiger partial charge in [-0.1, -0.05) is 29.3 Å². The number of carbonyl (C=O) groups excluding carboxylic acids is 1. The molecular weight excluding hydrogens is 530 g/mol. The Morgan fingerprint density at radius 3 is 2.32 bits per heavy atom. The third-order valence-electron chi connectivity index (χ3n) is 6.75. The molecule has 1 saturated heterocycles. The van der Waals surface area contributed by atoms with Crippen LogP contribution in [0.5, 0.6) is 11.5 Å². The first-order chi connectivity index (χ1) is 17.3. The fraction of sp³-hybridized carbons (Fsp3) is 0.519. The summed E-state index contributed by atoms with van der Waals surface area (Å²) < 4.78 is 56.1. The van der Waals surface area contributed by atoms with Gasteiger partial charge in [-0.25, -0.2) is 0 Å². The van der Waals surface area contributed by atoms with Crippen molar-refractivity contribution in [1.29, 1.82) is 0 Å². The van der Waals surface area contributed by atoms with Crippen molar-refractivity contribution in [1.82, 2.24) is 4.90 Å². The minimum absolute atomic E-state index is 0.0770. The van der Waals surface area contributed by atoms with Crippen LogP contribution in [0.1, 0.15) is 56.7 Å². The Labute approximate surface area is 224 Å². The lowest BCUT2D eigenvalue weighted by atomic mass is 9.74. The van der Waals surface area contributed by atoms with E-state index in [1.165, 1.54) is 0 Å². The number of hydrogen-bond donors (Lipinski definition) is 0. The summed E-state index contributed by atoms with van der Waals surface area (Å²) >= 11 is 12.1. The van der Waals surface area contributed by atoms with Crippen LogP contribution in [0.2, 0.25) is 10.0 Å². The number of ether oxygens (including phenoxy) is 3. The molecule has 2 aromatic rings. The second-order valence-electron chi connectivity index (χ2n) is 10.6. The van der Waals surface area contributed by atoms with Gasteiger partial charge < -0.3 is 19.1 Å². The van der Waals surface area contributed by atoms with Crippen molar-refractivity contribution in [2.75, 3.05) is 26.2 Å².